The molecule has 1 unspecified atom stereocenters. The van der Waals surface area contributed by atoms with E-state index in [1.807, 2.05) is 0 Å². The summed E-state index contributed by atoms with van der Waals surface area (Å²) in [6, 6.07) is 6.22. The van der Waals surface area contributed by atoms with Crippen LogP contribution in [-0.2, 0) is 21.6 Å². The van der Waals surface area contributed by atoms with Crippen molar-refractivity contribution >= 4 is 17.0 Å². The van der Waals surface area contributed by atoms with E-state index in [9.17, 15) is 13.6 Å². The van der Waals surface area contributed by atoms with Crippen LogP contribution in [0.15, 0.2) is 24.3 Å². The third-order valence-corrected chi connectivity index (χ3v) is 2.23. The standard InChI is InChI=1S/C9H11NO4S/c10-6-14-9(11)8-3-1-2-7(4-8)5-15(12)13/h1-4H,5-6,10H2,(H,12,13)/p-1. The minimum Gasteiger partial charge on any atom is -0.772 e. The Hall–Kier alpha value is -1.24. The summed E-state index contributed by atoms with van der Waals surface area (Å²) in [5, 5.41) is 0. The molecule has 5 nitrogen and oxygen atoms in total. The van der Waals surface area contributed by atoms with E-state index in [1.165, 1.54) is 12.1 Å². The quantitative estimate of drug-likeness (QED) is 0.449. The van der Waals surface area contributed by atoms with Gasteiger partial charge < -0.3 is 9.29 Å². The van der Waals surface area contributed by atoms with Crippen molar-refractivity contribution in [3.63, 3.8) is 0 Å². The predicted octanol–water partition coefficient (Wildman–Crippen LogP) is 0.139. The van der Waals surface area contributed by atoms with Crippen molar-refractivity contribution in [3.05, 3.63) is 35.4 Å². The van der Waals surface area contributed by atoms with Crippen molar-refractivity contribution in [1.82, 2.24) is 0 Å². The first-order valence-corrected chi connectivity index (χ1v) is 5.40. The molecule has 0 aromatic heterocycles. The van der Waals surface area contributed by atoms with Crippen molar-refractivity contribution in [2.24, 2.45) is 5.73 Å². The van der Waals surface area contributed by atoms with Gasteiger partial charge in [0, 0.05) is 5.75 Å². The van der Waals surface area contributed by atoms with Gasteiger partial charge in [-0.1, -0.05) is 23.2 Å². The van der Waals surface area contributed by atoms with Gasteiger partial charge in [-0.25, -0.2) is 4.79 Å². The normalized spacial score (nSPS) is 12.1. The van der Waals surface area contributed by atoms with E-state index in [2.05, 4.69) is 4.74 Å². The molecular weight excluding hydrogens is 218 g/mol. The maximum atomic E-state index is 11.2. The molecule has 0 aliphatic rings. The van der Waals surface area contributed by atoms with Gasteiger partial charge in [-0.3, -0.25) is 9.94 Å². The van der Waals surface area contributed by atoms with Crippen molar-refractivity contribution in [2.45, 2.75) is 5.75 Å². The summed E-state index contributed by atoms with van der Waals surface area (Å²) in [6.45, 7) is -0.198. The number of ether oxygens (including phenoxy) is 1. The van der Waals surface area contributed by atoms with Gasteiger partial charge in [-0.05, 0) is 17.7 Å². The number of nitrogens with two attached hydrogens (primary N) is 1. The van der Waals surface area contributed by atoms with Gasteiger partial charge >= 0.3 is 5.97 Å². The molecule has 0 saturated carbocycles. The predicted molar refractivity (Wildman–Crippen MR) is 53.5 cm³/mol. The Kier molecular flexibility index (Phi) is 4.41. The molecule has 0 aliphatic carbocycles. The highest BCUT2D eigenvalue weighted by Crippen LogP contribution is 2.08. The monoisotopic (exact) mass is 228 g/mol. The van der Waals surface area contributed by atoms with E-state index >= 15 is 0 Å². The van der Waals surface area contributed by atoms with Crippen LogP contribution in [0, 0.1) is 0 Å². The van der Waals surface area contributed by atoms with Gasteiger partial charge in [0.25, 0.3) is 0 Å². The topological polar surface area (TPSA) is 92.5 Å². The Labute approximate surface area is 89.5 Å². The maximum Gasteiger partial charge on any atom is 0.339 e. The summed E-state index contributed by atoms with van der Waals surface area (Å²) >= 11 is -2.17. The summed E-state index contributed by atoms with van der Waals surface area (Å²) in [5.41, 5.74) is 5.88. The van der Waals surface area contributed by atoms with Crippen molar-refractivity contribution in [1.29, 1.82) is 0 Å². The summed E-state index contributed by atoms with van der Waals surface area (Å²) in [6.07, 6.45) is 0. The smallest absolute Gasteiger partial charge is 0.339 e. The first kappa shape index (κ1) is 11.8. The molecule has 0 fully saturated rings. The van der Waals surface area contributed by atoms with Crippen LogP contribution in [0.5, 0.6) is 0 Å². The van der Waals surface area contributed by atoms with Crippen LogP contribution >= 0.6 is 0 Å². The van der Waals surface area contributed by atoms with Crippen LogP contribution in [0.25, 0.3) is 0 Å². The number of carbonyl (C=O) groups is 1. The molecule has 15 heavy (non-hydrogen) atoms. The fourth-order valence-electron chi connectivity index (χ4n) is 1.08. The second kappa shape index (κ2) is 5.59. The zero-order valence-electron chi connectivity index (χ0n) is 7.84. The van der Waals surface area contributed by atoms with Gasteiger partial charge in [-0.2, -0.15) is 0 Å². The van der Waals surface area contributed by atoms with E-state index in [0.29, 0.717) is 11.1 Å². The van der Waals surface area contributed by atoms with Crippen LogP contribution in [-0.4, -0.2) is 21.5 Å². The summed E-state index contributed by atoms with van der Waals surface area (Å²) in [5.74, 6) is -0.681. The van der Waals surface area contributed by atoms with Gasteiger partial charge in [0.1, 0.15) is 6.73 Å². The fourth-order valence-corrected chi connectivity index (χ4v) is 1.53. The Bertz CT molecular complexity index is 380. The van der Waals surface area contributed by atoms with E-state index in [0.717, 1.165) is 0 Å². The van der Waals surface area contributed by atoms with Crippen LogP contribution in [0.4, 0.5) is 0 Å². The number of esters is 1. The second-order valence-corrected chi connectivity index (χ2v) is 3.64. The van der Waals surface area contributed by atoms with Crippen molar-refractivity contribution in [2.75, 3.05) is 6.73 Å². The first-order chi connectivity index (χ1) is 7.13. The molecular formula is C9H10NO4S-. The average Bonchev–Trinajstić information content (AvgIpc) is 2.17. The summed E-state index contributed by atoms with van der Waals surface area (Å²) in [4.78, 5) is 11.2. The van der Waals surface area contributed by atoms with Gasteiger partial charge in [0.2, 0.25) is 0 Å². The van der Waals surface area contributed by atoms with E-state index in [4.69, 9.17) is 5.73 Å². The van der Waals surface area contributed by atoms with Crippen LogP contribution < -0.4 is 5.73 Å². The summed E-state index contributed by atoms with van der Waals surface area (Å²) in [7, 11) is 0. The Morgan fingerprint density at radius 3 is 2.87 bits per heavy atom. The number of hydrogen-bond donors (Lipinski definition) is 1. The minimum absolute atomic E-state index is 0.121. The van der Waals surface area contributed by atoms with Crippen molar-refractivity contribution in [3.8, 4) is 0 Å². The SMILES string of the molecule is NCOC(=O)c1cccc(CS(=O)[O-])c1. The molecule has 0 radical (unpaired) electrons. The number of benzene rings is 1. The lowest BCUT2D eigenvalue weighted by atomic mass is 10.1. The number of carbonyl (C=O) groups excluding carboxylic acids is 1. The molecule has 1 rings (SSSR count). The maximum absolute atomic E-state index is 11.2. The molecule has 6 heteroatoms. The van der Waals surface area contributed by atoms with Crippen molar-refractivity contribution < 1.29 is 18.3 Å². The lowest BCUT2D eigenvalue weighted by Gasteiger charge is -2.06. The minimum atomic E-state index is -2.17. The molecule has 0 saturated heterocycles. The summed E-state index contributed by atoms with van der Waals surface area (Å²) < 4.78 is 25.5. The molecule has 2 N–H and O–H groups in total. The molecule has 0 spiro atoms. The second-order valence-electron chi connectivity index (χ2n) is 2.75. The van der Waals surface area contributed by atoms with Gasteiger partial charge in [0.05, 0.1) is 5.56 Å². The molecule has 1 atom stereocenters. The third kappa shape index (κ3) is 3.78. The van der Waals surface area contributed by atoms with E-state index in [-0.39, 0.29) is 12.5 Å². The van der Waals surface area contributed by atoms with Gasteiger partial charge in [-0.15, -0.1) is 0 Å². The Balaban J connectivity index is 2.82. The largest absolute Gasteiger partial charge is 0.772 e. The fraction of sp³-hybridized carbons (Fsp3) is 0.222. The first-order valence-electron chi connectivity index (χ1n) is 4.15. The van der Waals surface area contributed by atoms with E-state index < -0.39 is 17.0 Å². The zero-order valence-corrected chi connectivity index (χ0v) is 8.66. The Morgan fingerprint density at radius 2 is 2.27 bits per heavy atom. The molecule has 82 valence electrons. The van der Waals surface area contributed by atoms with E-state index in [1.54, 1.807) is 12.1 Å². The number of rotatable bonds is 4. The van der Waals surface area contributed by atoms with Crippen LogP contribution in [0.1, 0.15) is 15.9 Å². The average molecular weight is 228 g/mol. The third-order valence-electron chi connectivity index (χ3n) is 1.66. The molecule has 0 amide bonds. The van der Waals surface area contributed by atoms with Crippen LogP contribution in [0.2, 0.25) is 0 Å². The molecule has 1 aromatic carbocycles. The number of hydrogen-bond acceptors (Lipinski definition) is 5. The Morgan fingerprint density at radius 1 is 1.53 bits per heavy atom. The zero-order chi connectivity index (χ0) is 11.3. The molecule has 0 heterocycles. The van der Waals surface area contributed by atoms with Gasteiger partial charge in [0.15, 0.2) is 0 Å². The molecule has 0 bridgehead atoms. The lowest BCUT2D eigenvalue weighted by Crippen LogP contribution is -2.12. The highest BCUT2D eigenvalue weighted by atomic mass is 32.2. The highest BCUT2D eigenvalue weighted by molar-refractivity contribution is 7.78. The lowest BCUT2D eigenvalue weighted by molar-refractivity contribution is 0.0515. The molecule has 0 aliphatic heterocycles. The highest BCUT2D eigenvalue weighted by Gasteiger charge is 2.06. The molecule has 1 aromatic rings. The van der Waals surface area contributed by atoms with Crippen LogP contribution in [0.3, 0.4) is 0 Å².